The second kappa shape index (κ2) is 39.2. The van der Waals surface area contributed by atoms with Gasteiger partial charge < -0.3 is 0 Å². The lowest BCUT2D eigenvalue weighted by molar-refractivity contribution is 0.289. The van der Waals surface area contributed by atoms with E-state index in [1.165, 1.54) is 57.8 Å². The molecule has 0 heterocycles. The smallest absolute Gasteiger partial charge is 0.0394 e. The van der Waals surface area contributed by atoms with E-state index in [-0.39, 0.29) is 0 Å². The molecule has 0 amide bonds. The summed E-state index contributed by atoms with van der Waals surface area (Å²) in [5.41, 5.74) is 0. The maximum atomic E-state index is 2.35. The predicted molar refractivity (Wildman–Crippen MR) is 126 cm³/mol. The molecule has 0 radical (unpaired) electrons. The minimum atomic E-state index is 0.847. The SMILES string of the molecule is CC.CC.CCC(C)C(C)C(C)C.CCCCCC.CCCCCC. The lowest BCUT2D eigenvalue weighted by atomic mass is 9.85. The normalized spacial score (nSPS) is 11.3. The minimum absolute atomic E-state index is 0.847. The molecule has 0 aliphatic rings. The Bertz CT molecular complexity index is 132. The summed E-state index contributed by atoms with van der Waals surface area (Å²) in [6, 6.07) is 0. The number of unbranched alkanes of at least 4 members (excludes halogenated alkanes) is 6. The van der Waals surface area contributed by atoms with Gasteiger partial charge in [-0.1, -0.05) is 148 Å². The first kappa shape index (κ1) is 36.0. The molecule has 160 valence electrons. The molecule has 2 unspecified atom stereocenters. The fourth-order valence-corrected chi connectivity index (χ4v) is 2.03. The van der Waals surface area contributed by atoms with Crippen LogP contribution in [0, 0.1) is 17.8 Å². The van der Waals surface area contributed by atoms with Crippen molar-refractivity contribution in [2.75, 3.05) is 0 Å². The zero-order chi connectivity index (χ0) is 21.1. The Kier molecular flexibility index (Phi) is 56.4. The lowest BCUT2D eigenvalue weighted by Gasteiger charge is -2.21. The van der Waals surface area contributed by atoms with Crippen molar-refractivity contribution in [2.45, 2.75) is 148 Å². The molecule has 0 spiro atoms. The molecule has 0 aliphatic carbocycles. The van der Waals surface area contributed by atoms with Gasteiger partial charge in [-0.05, 0) is 17.8 Å². The van der Waals surface area contributed by atoms with E-state index >= 15 is 0 Å². The van der Waals surface area contributed by atoms with E-state index in [2.05, 4.69) is 62.3 Å². The van der Waals surface area contributed by atoms with Crippen LogP contribution in [0.4, 0.5) is 0 Å². The van der Waals surface area contributed by atoms with Gasteiger partial charge in [0, 0.05) is 0 Å². The lowest BCUT2D eigenvalue weighted by Crippen LogP contribution is -2.12. The fourth-order valence-electron chi connectivity index (χ4n) is 2.03. The third kappa shape index (κ3) is 45.4. The zero-order valence-electron chi connectivity index (χ0n) is 21.1. The van der Waals surface area contributed by atoms with Crippen LogP contribution in [0.3, 0.4) is 0 Å². The van der Waals surface area contributed by atoms with E-state index in [4.69, 9.17) is 0 Å². The molecule has 0 rings (SSSR count). The van der Waals surface area contributed by atoms with E-state index in [9.17, 15) is 0 Å². The molecular formula is C25H60. The van der Waals surface area contributed by atoms with Crippen LogP contribution in [0.15, 0.2) is 0 Å². The van der Waals surface area contributed by atoms with Crippen LogP contribution in [0.5, 0.6) is 0 Å². The monoisotopic (exact) mass is 360 g/mol. The predicted octanol–water partition coefficient (Wildman–Crippen LogP) is 10.6. The van der Waals surface area contributed by atoms with E-state index in [1.54, 1.807) is 0 Å². The maximum Gasteiger partial charge on any atom is -0.0394 e. The van der Waals surface area contributed by atoms with Crippen LogP contribution in [0.2, 0.25) is 0 Å². The van der Waals surface area contributed by atoms with Gasteiger partial charge in [0.05, 0.1) is 0 Å². The van der Waals surface area contributed by atoms with Crippen LogP contribution < -0.4 is 0 Å². The molecule has 0 saturated heterocycles. The van der Waals surface area contributed by atoms with Crippen LogP contribution in [0.1, 0.15) is 148 Å². The third-order valence-electron chi connectivity index (χ3n) is 4.51. The highest BCUT2D eigenvalue weighted by Gasteiger charge is 2.12. The zero-order valence-corrected chi connectivity index (χ0v) is 21.1. The second-order valence-corrected chi connectivity index (χ2v) is 6.90. The molecule has 0 aromatic heterocycles. The van der Waals surface area contributed by atoms with Crippen LogP contribution in [0.25, 0.3) is 0 Å². The molecule has 0 aromatic rings. The van der Waals surface area contributed by atoms with Crippen LogP contribution in [-0.4, -0.2) is 0 Å². The summed E-state index contributed by atoms with van der Waals surface area (Å²) in [4.78, 5) is 0. The maximum absolute atomic E-state index is 2.35. The molecule has 0 nitrogen and oxygen atoms in total. The summed E-state index contributed by atoms with van der Waals surface area (Å²) in [5, 5.41) is 0. The summed E-state index contributed by atoms with van der Waals surface area (Å²) in [6.45, 7) is 28.5. The quantitative estimate of drug-likeness (QED) is 0.358. The summed E-state index contributed by atoms with van der Waals surface area (Å²) in [5.74, 6) is 2.62. The van der Waals surface area contributed by atoms with Crippen molar-refractivity contribution in [3.63, 3.8) is 0 Å². The second-order valence-electron chi connectivity index (χ2n) is 6.90. The first-order chi connectivity index (χ1) is 11.9. The molecule has 0 N–H and O–H groups in total. The highest BCUT2D eigenvalue weighted by atomic mass is 14.2. The van der Waals surface area contributed by atoms with E-state index in [0.717, 1.165) is 17.8 Å². The average Bonchev–Trinajstić information content (AvgIpc) is 2.67. The molecule has 0 saturated carbocycles. The van der Waals surface area contributed by atoms with E-state index < -0.39 is 0 Å². The van der Waals surface area contributed by atoms with Crippen molar-refractivity contribution in [1.29, 1.82) is 0 Å². The molecule has 0 bridgehead atoms. The van der Waals surface area contributed by atoms with Gasteiger partial charge in [0.15, 0.2) is 0 Å². The summed E-state index contributed by atoms with van der Waals surface area (Å²) < 4.78 is 0. The van der Waals surface area contributed by atoms with Crippen LogP contribution in [-0.2, 0) is 0 Å². The number of hydrogen-bond donors (Lipinski definition) is 0. The molecule has 0 aromatic carbocycles. The Hall–Kier alpha value is 0. The molecule has 2 atom stereocenters. The fraction of sp³-hybridized carbons (Fsp3) is 1.00. The van der Waals surface area contributed by atoms with Gasteiger partial charge in [0.2, 0.25) is 0 Å². The van der Waals surface area contributed by atoms with E-state index in [1.807, 2.05) is 27.7 Å². The van der Waals surface area contributed by atoms with Crippen LogP contribution >= 0.6 is 0 Å². The first-order valence-corrected chi connectivity index (χ1v) is 11.9. The van der Waals surface area contributed by atoms with Gasteiger partial charge in [-0.2, -0.15) is 0 Å². The molecule has 25 heavy (non-hydrogen) atoms. The standard InChI is InChI=1S/C9H20.2C6H14.2C2H6/c1-6-8(4)9(5)7(2)3;2*1-3-5-6-4-2;2*1-2/h7-9H,6H2,1-5H3;2*3-6H2,1-2H3;2*1-2H3. The Morgan fingerprint density at radius 2 is 0.720 bits per heavy atom. The van der Waals surface area contributed by atoms with Crippen molar-refractivity contribution in [1.82, 2.24) is 0 Å². The molecular weight excluding hydrogens is 300 g/mol. The number of hydrogen-bond acceptors (Lipinski definition) is 0. The highest BCUT2D eigenvalue weighted by molar-refractivity contribution is 4.62. The third-order valence-corrected chi connectivity index (χ3v) is 4.51. The molecule has 0 fully saturated rings. The Balaban J connectivity index is -0.0000000742. The summed E-state index contributed by atoms with van der Waals surface area (Å²) in [6.07, 6.45) is 12.4. The van der Waals surface area contributed by atoms with Gasteiger partial charge in [-0.3, -0.25) is 0 Å². The van der Waals surface area contributed by atoms with Crippen molar-refractivity contribution in [3.8, 4) is 0 Å². The van der Waals surface area contributed by atoms with Crippen molar-refractivity contribution in [2.24, 2.45) is 17.8 Å². The summed E-state index contributed by atoms with van der Waals surface area (Å²) in [7, 11) is 0. The topological polar surface area (TPSA) is 0 Å². The van der Waals surface area contributed by atoms with Crippen molar-refractivity contribution in [3.05, 3.63) is 0 Å². The Morgan fingerprint density at radius 1 is 0.480 bits per heavy atom. The average molecular weight is 361 g/mol. The summed E-state index contributed by atoms with van der Waals surface area (Å²) >= 11 is 0. The Morgan fingerprint density at radius 3 is 0.800 bits per heavy atom. The highest BCUT2D eigenvalue weighted by Crippen LogP contribution is 2.21. The molecule has 0 aliphatic heterocycles. The van der Waals surface area contributed by atoms with Gasteiger partial charge in [0.25, 0.3) is 0 Å². The molecule has 0 heteroatoms. The van der Waals surface area contributed by atoms with Gasteiger partial charge in [-0.25, -0.2) is 0 Å². The first-order valence-electron chi connectivity index (χ1n) is 11.9. The van der Waals surface area contributed by atoms with Gasteiger partial charge >= 0.3 is 0 Å². The van der Waals surface area contributed by atoms with E-state index in [0.29, 0.717) is 0 Å². The number of rotatable bonds is 9. The largest absolute Gasteiger partial charge is 0.0683 e. The Labute approximate surface area is 166 Å². The van der Waals surface area contributed by atoms with Gasteiger partial charge in [-0.15, -0.1) is 0 Å². The van der Waals surface area contributed by atoms with Crippen molar-refractivity contribution >= 4 is 0 Å². The minimum Gasteiger partial charge on any atom is -0.0683 e. The van der Waals surface area contributed by atoms with Gasteiger partial charge in [0.1, 0.15) is 0 Å². The van der Waals surface area contributed by atoms with Crippen molar-refractivity contribution < 1.29 is 0 Å².